The average molecular weight is 450 g/mol. The smallest absolute Gasteiger partial charge is 0.349 e. The molecule has 0 saturated heterocycles. The molecule has 2 heterocycles. The summed E-state index contributed by atoms with van der Waals surface area (Å²) >= 11 is 1.48. The standard InChI is InChI=1S/C25H27N3O3S/c1-4-17-11-12-20-22(15-17)32-25(26-20)28(14-13-27(5-2)6-3)23(29)19-16-18-9-7-8-10-21(18)31-24(19)30/h7-12,15-16H,4-6,13-14H2,1-3H3. The van der Waals surface area contributed by atoms with Gasteiger partial charge in [-0.15, -0.1) is 0 Å². The minimum atomic E-state index is -0.629. The Bertz CT molecular complexity index is 1310. The van der Waals surface area contributed by atoms with Crippen molar-refractivity contribution in [2.24, 2.45) is 0 Å². The molecule has 2 aromatic carbocycles. The van der Waals surface area contributed by atoms with Crippen LogP contribution in [0.15, 0.2) is 57.7 Å². The maximum absolute atomic E-state index is 13.6. The van der Waals surface area contributed by atoms with Crippen LogP contribution < -0.4 is 10.5 Å². The van der Waals surface area contributed by atoms with E-state index in [0.29, 0.717) is 23.8 Å². The van der Waals surface area contributed by atoms with E-state index in [9.17, 15) is 9.59 Å². The van der Waals surface area contributed by atoms with Gasteiger partial charge in [-0.3, -0.25) is 9.69 Å². The van der Waals surface area contributed by atoms with E-state index < -0.39 is 5.63 Å². The number of thiazole rings is 1. The molecular formula is C25H27N3O3S. The number of aromatic nitrogens is 1. The number of hydrogen-bond donors (Lipinski definition) is 0. The molecule has 0 atom stereocenters. The van der Waals surface area contributed by atoms with Crippen LogP contribution in [-0.4, -0.2) is 42.0 Å². The highest BCUT2D eigenvalue weighted by Gasteiger charge is 2.25. The summed E-state index contributed by atoms with van der Waals surface area (Å²) < 4.78 is 6.46. The van der Waals surface area contributed by atoms with Crippen molar-refractivity contribution in [3.63, 3.8) is 0 Å². The van der Waals surface area contributed by atoms with Gasteiger partial charge < -0.3 is 9.32 Å². The highest BCUT2D eigenvalue weighted by Crippen LogP contribution is 2.30. The van der Waals surface area contributed by atoms with Gasteiger partial charge in [0.1, 0.15) is 11.1 Å². The largest absolute Gasteiger partial charge is 0.422 e. The molecule has 2 aromatic heterocycles. The maximum atomic E-state index is 13.6. The van der Waals surface area contributed by atoms with E-state index in [1.807, 2.05) is 18.2 Å². The van der Waals surface area contributed by atoms with Crippen molar-refractivity contribution >= 4 is 43.6 Å². The maximum Gasteiger partial charge on any atom is 0.349 e. The third-order valence-corrected chi connectivity index (χ3v) is 6.77. The van der Waals surface area contributed by atoms with E-state index in [0.717, 1.165) is 35.1 Å². The minimum Gasteiger partial charge on any atom is -0.422 e. The monoisotopic (exact) mass is 449 g/mol. The summed E-state index contributed by atoms with van der Waals surface area (Å²) in [5, 5.41) is 1.31. The number of fused-ring (bicyclic) bond motifs is 2. The van der Waals surface area contributed by atoms with Crippen molar-refractivity contribution in [2.75, 3.05) is 31.1 Å². The molecule has 4 aromatic rings. The highest BCUT2D eigenvalue weighted by atomic mass is 32.1. The van der Waals surface area contributed by atoms with E-state index in [1.165, 1.54) is 16.9 Å². The zero-order chi connectivity index (χ0) is 22.7. The summed E-state index contributed by atoms with van der Waals surface area (Å²) in [5.74, 6) is -0.383. The Morgan fingerprint density at radius 1 is 1.03 bits per heavy atom. The fraction of sp³-hybridized carbons (Fsp3) is 0.320. The second-order valence-electron chi connectivity index (χ2n) is 7.62. The molecule has 0 N–H and O–H groups in total. The zero-order valence-corrected chi connectivity index (χ0v) is 19.4. The quantitative estimate of drug-likeness (QED) is 0.356. The lowest BCUT2D eigenvalue weighted by molar-refractivity contribution is 0.0980. The first-order valence-corrected chi connectivity index (χ1v) is 11.8. The predicted molar refractivity (Wildman–Crippen MR) is 131 cm³/mol. The fourth-order valence-corrected chi connectivity index (χ4v) is 4.77. The van der Waals surface area contributed by atoms with E-state index >= 15 is 0 Å². The van der Waals surface area contributed by atoms with Crippen LogP contribution in [0.2, 0.25) is 0 Å². The van der Waals surface area contributed by atoms with Gasteiger partial charge in [0.15, 0.2) is 5.13 Å². The third kappa shape index (κ3) is 4.45. The molecule has 6 nitrogen and oxygen atoms in total. The molecule has 4 rings (SSSR count). The average Bonchev–Trinajstić information content (AvgIpc) is 3.24. The van der Waals surface area contributed by atoms with Crippen molar-refractivity contribution in [2.45, 2.75) is 27.2 Å². The third-order valence-electron chi connectivity index (χ3n) is 5.73. The van der Waals surface area contributed by atoms with E-state index in [-0.39, 0.29) is 11.5 Å². The van der Waals surface area contributed by atoms with Crippen LogP contribution in [-0.2, 0) is 6.42 Å². The fourth-order valence-electron chi connectivity index (χ4n) is 3.71. The van der Waals surface area contributed by atoms with Crippen LogP contribution in [0.25, 0.3) is 21.2 Å². The summed E-state index contributed by atoms with van der Waals surface area (Å²) in [4.78, 5) is 34.9. The number of carbonyl (C=O) groups excluding carboxylic acids is 1. The Kier molecular flexibility index (Phi) is 6.67. The molecular weight excluding hydrogens is 422 g/mol. The van der Waals surface area contributed by atoms with Gasteiger partial charge in [-0.25, -0.2) is 9.78 Å². The molecule has 0 radical (unpaired) electrons. The van der Waals surface area contributed by atoms with Gasteiger partial charge in [-0.1, -0.05) is 56.4 Å². The summed E-state index contributed by atoms with van der Waals surface area (Å²) in [7, 11) is 0. The first-order valence-electron chi connectivity index (χ1n) is 11.0. The van der Waals surface area contributed by atoms with Crippen molar-refractivity contribution in [1.29, 1.82) is 0 Å². The summed E-state index contributed by atoms with van der Waals surface area (Å²) in [6, 6.07) is 15.0. The number of hydrogen-bond acceptors (Lipinski definition) is 6. The summed E-state index contributed by atoms with van der Waals surface area (Å²) in [6.07, 6.45) is 0.936. The summed E-state index contributed by atoms with van der Waals surface area (Å²) in [5.41, 5.74) is 1.95. The molecule has 0 spiro atoms. The lowest BCUT2D eigenvalue weighted by Crippen LogP contribution is -2.40. The Morgan fingerprint density at radius 2 is 1.81 bits per heavy atom. The van der Waals surface area contributed by atoms with Gasteiger partial charge in [-0.05, 0) is 49.3 Å². The van der Waals surface area contributed by atoms with Crippen LogP contribution in [0, 0.1) is 0 Å². The molecule has 32 heavy (non-hydrogen) atoms. The molecule has 7 heteroatoms. The number of rotatable bonds is 8. The van der Waals surface area contributed by atoms with E-state index in [2.05, 4.69) is 37.8 Å². The SMILES string of the molecule is CCc1ccc2nc(N(CCN(CC)CC)C(=O)c3cc4ccccc4oc3=O)sc2c1. The zero-order valence-electron chi connectivity index (χ0n) is 18.6. The molecule has 1 amide bonds. The Labute approximate surface area is 191 Å². The predicted octanol–water partition coefficient (Wildman–Crippen LogP) is 4.95. The van der Waals surface area contributed by atoms with Gasteiger partial charge in [0, 0.05) is 18.5 Å². The van der Waals surface area contributed by atoms with Gasteiger partial charge in [0.25, 0.3) is 5.91 Å². The van der Waals surface area contributed by atoms with E-state index in [4.69, 9.17) is 9.40 Å². The Balaban J connectivity index is 1.76. The van der Waals surface area contributed by atoms with Crippen LogP contribution >= 0.6 is 11.3 Å². The van der Waals surface area contributed by atoms with Gasteiger partial charge in [-0.2, -0.15) is 0 Å². The van der Waals surface area contributed by atoms with Crippen LogP contribution in [0.4, 0.5) is 5.13 Å². The topological polar surface area (TPSA) is 66.7 Å². The number of amides is 1. The molecule has 0 unspecified atom stereocenters. The van der Waals surface area contributed by atoms with Crippen molar-refractivity contribution in [3.8, 4) is 0 Å². The molecule has 0 aliphatic heterocycles. The van der Waals surface area contributed by atoms with Crippen molar-refractivity contribution < 1.29 is 9.21 Å². The number of benzene rings is 2. The number of likely N-dealkylation sites (N-methyl/N-ethyl adjacent to an activating group) is 1. The summed E-state index contributed by atoms with van der Waals surface area (Å²) in [6.45, 7) is 9.20. The molecule has 0 bridgehead atoms. The number of aryl methyl sites for hydroxylation is 1. The van der Waals surface area contributed by atoms with Crippen molar-refractivity contribution in [1.82, 2.24) is 9.88 Å². The highest BCUT2D eigenvalue weighted by molar-refractivity contribution is 7.22. The van der Waals surface area contributed by atoms with Crippen LogP contribution in [0.1, 0.15) is 36.7 Å². The molecule has 0 saturated carbocycles. The number of carbonyl (C=O) groups is 1. The Morgan fingerprint density at radius 3 is 2.56 bits per heavy atom. The molecule has 0 aliphatic carbocycles. The van der Waals surface area contributed by atoms with Crippen LogP contribution in [0.3, 0.4) is 0 Å². The second-order valence-corrected chi connectivity index (χ2v) is 8.63. The molecule has 0 fully saturated rings. The lowest BCUT2D eigenvalue weighted by atomic mass is 10.1. The molecule has 166 valence electrons. The Hall–Kier alpha value is -3.03. The first-order chi connectivity index (χ1) is 15.5. The van der Waals surface area contributed by atoms with Crippen molar-refractivity contribution in [3.05, 3.63) is 70.1 Å². The van der Waals surface area contributed by atoms with Gasteiger partial charge in [0.2, 0.25) is 0 Å². The number of para-hydroxylation sites is 1. The molecule has 0 aliphatic rings. The minimum absolute atomic E-state index is 0.0248. The number of nitrogens with zero attached hydrogens (tertiary/aromatic N) is 3. The van der Waals surface area contributed by atoms with Gasteiger partial charge >= 0.3 is 5.63 Å². The second kappa shape index (κ2) is 9.63. The van der Waals surface area contributed by atoms with Crippen LogP contribution in [0.5, 0.6) is 0 Å². The first kappa shape index (κ1) is 22.2. The normalized spacial score (nSPS) is 11.5. The number of anilines is 1. The van der Waals surface area contributed by atoms with Gasteiger partial charge in [0.05, 0.1) is 10.2 Å². The van der Waals surface area contributed by atoms with E-state index in [1.54, 1.807) is 23.1 Å². The lowest BCUT2D eigenvalue weighted by Gasteiger charge is -2.24.